The van der Waals surface area contributed by atoms with Crippen LogP contribution in [0.4, 0.5) is 10.5 Å². The fourth-order valence-electron chi connectivity index (χ4n) is 6.49. The van der Waals surface area contributed by atoms with E-state index >= 15 is 0 Å². The van der Waals surface area contributed by atoms with Crippen molar-refractivity contribution in [3.63, 3.8) is 0 Å². The average molecular weight is 640 g/mol. The summed E-state index contributed by atoms with van der Waals surface area (Å²) in [6, 6.07) is 14.6. The van der Waals surface area contributed by atoms with Gasteiger partial charge in [0.1, 0.15) is 21.3 Å². The van der Waals surface area contributed by atoms with Crippen molar-refractivity contribution in [1.29, 1.82) is 0 Å². The summed E-state index contributed by atoms with van der Waals surface area (Å²) < 4.78 is 29.0. The van der Waals surface area contributed by atoms with E-state index in [1.165, 1.54) is 11.8 Å². The first kappa shape index (κ1) is 30.5. The number of hydrogen-bond donors (Lipinski definition) is 3. The second-order valence-corrected chi connectivity index (χ2v) is 15.2. The molecular weight excluding hydrogens is 603 g/mol. The van der Waals surface area contributed by atoms with Crippen molar-refractivity contribution in [2.75, 3.05) is 36.5 Å². The number of carbonyl (C=O) groups excluding carboxylic acids is 3. The van der Waals surface area contributed by atoms with Crippen molar-refractivity contribution in [3.8, 4) is 11.5 Å². The summed E-state index contributed by atoms with van der Waals surface area (Å²) in [5, 5.41) is 9.61. The molecule has 0 saturated carbocycles. The molecule has 0 bridgehead atoms. The number of nitrogens with one attached hydrogen (secondary N) is 3. The Bertz CT molecular complexity index is 1600. The van der Waals surface area contributed by atoms with Crippen molar-refractivity contribution < 1.29 is 27.5 Å². The van der Waals surface area contributed by atoms with Gasteiger partial charge in [0, 0.05) is 49.1 Å². The monoisotopic (exact) mass is 639 g/mol. The van der Waals surface area contributed by atoms with Gasteiger partial charge in [-0.25, -0.2) is 13.2 Å². The van der Waals surface area contributed by atoms with Crippen molar-refractivity contribution >= 4 is 45.1 Å². The van der Waals surface area contributed by atoms with E-state index in [2.05, 4.69) is 16.0 Å². The van der Waals surface area contributed by atoms with Crippen LogP contribution in [0.2, 0.25) is 0 Å². The van der Waals surface area contributed by atoms with E-state index < -0.39 is 9.84 Å². The number of likely N-dealkylation sites (tertiary alicyclic amines) is 1. The van der Waals surface area contributed by atoms with Gasteiger partial charge >= 0.3 is 6.03 Å². The molecule has 0 radical (unpaired) electrons. The Labute approximate surface area is 261 Å². The van der Waals surface area contributed by atoms with Crippen molar-refractivity contribution in [1.82, 2.24) is 20.9 Å². The Morgan fingerprint density at radius 2 is 1.91 bits per heavy atom. The van der Waals surface area contributed by atoms with Crippen LogP contribution in [-0.4, -0.2) is 80.3 Å². The number of amides is 4. The standard InChI is InChI=1S/C31H37N5O6S2/c1-19-17-22(42-21-8-4-3-5-9-21)10-11-23(19)36-24-12-14-32-30-26(24)27(34-31(36)39)28(43-30)29(38)33-20-7-6-15-35(18-20)25(37)13-16-44(2,40)41/h3-5,8-11,17,20,24,26,30,32H,6-7,12-16,18H2,1-2H3,(H,33,38)(H,34,39)/t20-,24?,26?,30?/m1/s1. The SMILES string of the molecule is Cc1cc(Oc2ccccc2)ccc1N1C(=O)NC2=C(C(=O)N[C@@H]3CCCN(C(=O)CCS(C)(=O)=O)C3)SC3NCCC1C23. The van der Waals surface area contributed by atoms with E-state index in [4.69, 9.17) is 4.74 Å². The number of hydrogen-bond acceptors (Lipinski definition) is 8. The zero-order valence-electron chi connectivity index (χ0n) is 24.7. The Morgan fingerprint density at radius 1 is 1.11 bits per heavy atom. The lowest BCUT2D eigenvalue weighted by Gasteiger charge is -2.46. The number of nitrogens with zero attached hydrogens (tertiary/aromatic N) is 2. The summed E-state index contributed by atoms with van der Waals surface area (Å²) in [5.41, 5.74) is 2.36. The zero-order valence-corrected chi connectivity index (χ0v) is 26.4. The highest BCUT2D eigenvalue weighted by atomic mass is 32.2. The number of anilines is 1. The molecule has 4 amide bonds. The van der Waals surface area contributed by atoms with Crippen molar-refractivity contribution in [2.24, 2.45) is 5.92 Å². The van der Waals surface area contributed by atoms with Gasteiger partial charge in [-0.05, 0) is 68.6 Å². The predicted molar refractivity (Wildman–Crippen MR) is 169 cm³/mol. The summed E-state index contributed by atoms with van der Waals surface area (Å²) >= 11 is 1.44. The molecule has 0 spiro atoms. The first-order valence-corrected chi connectivity index (χ1v) is 17.9. The minimum Gasteiger partial charge on any atom is -0.457 e. The molecular formula is C31H37N5O6S2. The number of carbonyl (C=O) groups is 3. The van der Waals surface area contributed by atoms with Crippen LogP contribution in [-0.2, 0) is 19.4 Å². The number of benzene rings is 2. The first-order valence-electron chi connectivity index (χ1n) is 14.9. The first-order chi connectivity index (χ1) is 21.1. The van der Waals surface area contributed by atoms with Crippen LogP contribution in [0.5, 0.6) is 11.5 Å². The highest BCUT2D eigenvalue weighted by molar-refractivity contribution is 8.04. The van der Waals surface area contributed by atoms with Crippen LogP contribution in [0.3, 0.4) is 0 Å². The predicted octanol–water partition coefficient (Wildman–Crippen LogP) is 3.12. The van der Waals surface area contributed by atoms with Gasteiger partial charge in [0.25, 0.3) is 5.91 Å². The van der Waals surface area contributed by atoms with Crippen LogP contribution in [0.15, 0.2) is 59.1 Å². The highest BCUT2D eigenvalue weighted by Crippen LogP contribution is 2.48. The summed E-state index contributed by atoms with van der Waals surface area (Å²) in [4.78, 5) is 43.9. The quantitative estimate of drug-likeness (QED) is 0.401. The smallest absolute Gasteiger partial charge is 0.326 e. The van der Waals surface area contributed by atoms with Gasteiger partial charge in [-0.1, -0.05) is 30.0 Å². The fraction of sp³-hybridized carbons (Fsp3) is 0.452. The van der Waals surface area contributed by atoms with Crippen LogP contribution in [0, 0.1) is 12.8 Å². The Morgan fingerprint density at radius 3 is 2.66 bits per heavy atom. The molecule has 3 saturated heterocycles. The molecule has 44 heavy (non-hydrogen) atoms. The molecule has 4 heterocycles. The lowest BCUT2D eigenvalue weighted by Crippen LogP contribution is -2.62. The van der Waals surface area contributed by atoms with Gasteiger partial charge in [-0.3, -0.25) is 14.5 Å². The topological polar surface area (TPSA) is 137 Å². The number of thioether (sulfide) groups is 1. The number of urea groups is 1. The second-order valence-electron chi connectivity index (χ2n) is 11.8. The third-order valence-electron chi connectivity index (χ3n) is 8.55. The molecule has 3 fully saturated rings. The molecule has 4 aliphatic heterocycles. The van der Waals surface area contributed by atoms with Gasteiger partial charge in [0.2, 0.25) is 5.91 Å². The third-order valence-corrected chi connectivity index (χ3v) is 10.9. The Kier molecular flexibility index (Phi) is 8.62. The van der Waals surface area contributed by atoms with Gasteiger partial charge in [0.15, 0.2) is 0 Å². The van der Waals surface area contributed by atoms with Gasteiger partial charge in [-0.2, -0.15) is 0 Å². The number of para-hydroxylation sites is 1. The molecule has 234 valence electrons. The molecule has 3 N–H and O–H groups in total. The van der Waals surface area contributed by atoms with Crippen LogP contribution < -0.4 is 25.6 Å². The van der Waals surface area contributed by atoms with E-state index in [1.54, 1.807) is 4.90 Å². The van der Waals surface area contributed by atoms with Gasteiger partial charge in [-0.15, -0.1) is 0 Å². The Balaban J connectivity index is 1.16. The normalized spacial score (nSPS) is 24.9. The highest BCUT2D eigenvalue weighted by Gasteiger charge is 2.52. The van der Waals surface area contributed by atoms with Crippen LogP contribution >= 0.6 is 11.8 Å². The lowest BCUT2D eigenvalue weighted by atomic mass is 9.86. The van der Waals surface area contributed by atoms with E-state index in [1.807, 2.05) is 60.4 Å². The van der Waals surface area contributed by atoms with Gasteiger partial charge < -0.3 is 25.6 Å². The third kappa shape index (κ3) is 6.45. The molecule has 2 aromatic rings. The Hall–Kier alpha value is -3.55. The molecule has 6 rings (SSSR count). The number of rotatable bonds is 8. The number of piperidine rings is 2. The number of aryl methyl sites for hydroxylation is 1. The fourth-order valence-corrected chi connectivity index (χ4v) is 8.44. The van der Waals surface area contributed by atoms with E-state index in [9.17, 15) is 22.8 Å². The molecule has 0 aliphatic carbocycles. The molecule has 0 aromatic heterocycles. The minimum atomic E-state index is -3.24. The zero-order chi connectivity index (χ0) is 31.0. The minimum absolute atomic E-state index is 0.0611. The number of sulfone groups is 1. The number of ether oxygens (including phenoxy) is 1. The molecule has 13 heteroatoms. The summed E-state index contributed by atoms with van der Waals surface area (Å²) in [5.74, 6) is 0.659. The van der Waals surface area contributed by atoms with Crippen LogP contribution in [0.25, 0.3) is 0 Å². The van der Waals surface area contributed by atoms with E-state index in [-0.39, 0.29) is 53.4 Å². The summed E-state index contributed by atoms with van der Waals surface area (Å²) in [7, 11) is -3.24. The maximum Gasteiger partial charge on any atom is 0.326 e. The average Bonchev–Trinajstić information content (AvgIpc) is 3.36. The molecule has 4 atom stereocenters. The van der Waals surface area contributed by atoms with Crippen molar-refractivity contribution in [2.45, 2.75) is 50.1 Å². The van der Waals surface area contributed by atoms with Gasteiger partial charge in [0.05, 0.1) is 22.1 Å². The maximum atomic E-state index is 13.7. The molecule has 4 aliphatic rings. The molecule has 11 nitrogen and oxygen atoms in total. The molecule has 3 unspecified atom stereocenters. The van der Waals surface area contributed by atoms with E-state index in [0.717, 1.165) is 29.7 Å². The largest absolute Gasteiger partial charge is 0.457 e. The summed E-state index contributed by atoms with van der Waals surface area (Å²) in [6.07, 6.45) is 3.22. The van der Waals surface area contributed by atoms with Crippen LogP contribution in [0.1, 0.15) is 31.2 Å². The van der Waals surface area contributed by atoms with Crippen molar-refractivity contribution in [3.05, 3.63) is 64.7 Å². The summed E-state index contributed by atoms with van der Waals surface area (Å²) in [6.45, 7) is 3.55. The maximum absolute atomic E-state index is 13.7. The second kappa shape index (κ2) is 12.4. The molecule has 2 aromatic carbocycles. The lowest BCUT2D eigenvalue weighted by molar-refractivity contribution is -0.132. The van der Waals surface area contributed by atoms with E-state index in [0.29, 0.717) is 48.8 Å².